The molecule has 29 heteroatoms. The summed E-state index contributed by atoms with van der Waals surface area (Å²) in [5.74, 6) is -0.474. The Labute approximate surface area is 607 Å². The van der Waals surface area contributed by atoms with Gasteiger partial charge in [-0.05, 0) is 144 Å². The molecule has 0 aromatic heterocycles. The lowest BCUT2D eigenvalue weighted by molar-refractivity contribution is -0.672. The van der Waals surface area contributed by atoms with Crippen molar-refractivity contribution in [1.29, 1.82) is 0 Å². The second-order valence-electron chi connectivity index (χ2n) is 25.3. The largest absolute Gasteiger partial charge is 0.664 e. The Morgan fingerprint density at radius 1 is 0.286 bits per heavy atom. The van der Waals surface area contributed by atoms with E-state index in [-0.39, 0.29) is 135 Å². The third kappa shape index (κ3) is 20.9. The van der Waals surface area contributed by atoms with E-state index in [4.69, 9.17) is 30.4 Å². The van der Waals surface area contributed by atoms with E-state index >= 15 is 0 Å². The van der Waals surface area contributed by atoms with Crippen molar-refractivity contribution in [3.05, 3.63) is 273 Å². The first-order valence-corrected chi connectivity index (χ1v) is 32.5. The standard InChI is InChI=1S/C39H45NO12.C36H42N4O12.CH4/c1-25(47-41)19-34(20-26(2)48-42)31-7-13-37(14-8-31)40(38-15-9-32(10-16-38)35(21-27(3)49-43)22-28(4)50-44)39-17-11-33(12-18-39)36(23-29(5)51-45)24-30(6)52-46;1-25(47-41)22-37(34(50-44)16-17-34)28-4-10-31(11-5-28)40(32-12-6-29(7-13-32)38(23-26(2)48-42)35(51-45)18-19-35)33-14-8-30(9-15-33)39(24-27(3)49-43)36(52-46)20-21-36;/h7-18,34-36,41-46H,1-6,19-24H2;4-15,41-46H,1-3,16-24H2;1H4/p-3. The normalized spacial score (nSPS) is 14.5. The molecule has 3 saturated carbocycles. The Morgan fingerprint density at radius 3 is 0.619 bits per heavy atom. The molecule has 0 saturated heterocycles. The van der Waals surface area contributed by atoms with E-state index in [1.807, 2.05) is 155 Å². The molecular weight excluding hydrogens is 1370 g/mol. The molecule has 6 aromatic rings. The highest BCUT2D eigenvalue weighted by atomic mass is 17.1. The predicted molar refractivity (Wildman–Crippen MR) is 382 cm³/mol. The number of rotatable bonds is 45. The molecule has 3 aliphatic rings. The number of benzene rings is 6. The van der Waals surface area contributed by atoms with Crippen LogP contribution >= 0.6 is 0 Å². The summed E-state index contributed by atoms with van der Waals surface area (Å²) < 4.78 is 0. The highest BCUT2D eigenvalue weighted by Gasteiger charge is 2.53. The van der Waals surface area contributed by atoms with E-state index in [0.717, 1.165) is 50.8 Å². The minimum atomic E-state index is -0.973. The van der Waals surface area contributed by atoms with Crippen molar-refractivity contribution in [2.45, 2.75) is 119 Å². The maximum atomic E-state index is 11.0. The quantitative estimate of drug-likeness (QED) is 0.00742. The van der Waals surface area contributed by atoms with Gasteiger partial charge in [0.1, 0.15) is 17.3 Å². The lowest BCUT2D eigenvalue weighted by atomic mass is 9.90. The van der Waals surface area contributed by atoms with Crippen molar-refractivity contribution in [3.8, 4) is 0 Å². The molecular formula is C76H88N5O24-3. The lowest BCUT2D eigenvalue weighted by Gasteiger charge is -2.33. The van der Waals surface area contributed by atoms with E-state index in [9.17, 15) is 47.3 Å². The summed E-state index contributed by atoms with van der Waals surface area (Å²) in [7, 11) is 0. The van der Waals surface area contributed by atoms with E-state index in [1.54, 1.807) is 14.7 Å². The summed E-state index contributed by atoms with van der Waals surface area (Å²) in [5.41, 5.74) is 6.03. The van der Waals surface area contributed by atoms with Crippen LogP contribution in [0.2, 0.25) is 0 Å². The van der Waals surface area contributed by atoms with Gasteiger partial charge in [-0.25, -0.2) is 62.0 Å². The van der Waals surface area contributed by atoms with Crippen molar-refractivity contribution in [2.24, 2.45) is 0 Å². The van der Waals surface area contributed by atoms with Crippen LogP contribution in [0.3, 0.4) is 0 Å². The molecule has 105 heavy (non-hydrogen) atoms. The maximum Gasteiger partial charge on any atom is 0.175 e. The SMILES string of the molecule is C.C=C(CC(CC(=C)OO)c1ccc(N(c2ccc(C(CC(=C)O[O-])CC(=C)OO)cc2)c2ccc(C(CC(=C)O[O-])CC(=C)OO)cc2)cc1)O[O-].C=C(CN(c1ccc(N(c2ccc(N(CC(=C)OO)C3(OO)CC3)cc2)c2ccc(N(CC(=C)OO)C3(OO)CC3)cc2)cc1)C1(OO)CC1)OO. The molecule has 9 N–H and O–H groups in total. The number of hydrogen-bond donors (Lipinski definition) is 9. The van der Waals surface area contributed by atoms with Crippen molar-refractivity contribution < 1.29 is 122 Å². The van der Waals surface area contributed by atoms with Crippen LogP contribution in [0.15, 0.2) is 257 Å². The fourth-order valence-electron chi connectivity index (χ4n) is 12.3. The molecule has 6 aromatic carbocycles. The number of allylic oxidation sites excluding steroid dienone is 6. The van der Waals surface area contributed by atoms with E-state index < -0.39 is 17.2 Å². The molecule has 0 aliphatic heterocycles. The topological polar surface area (TPSA) is 378 Å². The van der Waals surface area contributed by atoms with Gasteiger partial charge in [0, 0.05) is 128 Å². The van der Waals surface area contributed by atoms with Crippen LogP contribution in [0.25, 0.3) is 0 Å². The van der Waals surface area contributed by atoms with Crippen molar-refractivity contribution >= 4 is 51.2 Å². The Morgan fingerprint density at radius 2 is 0.457 bits per heavy atom. The molecule has 3 unspecified atom stereocenters. The van der Waals surface area contributed by atoms with Gasteiger partial charge in [0.2, 0.25) is 0 Å². The van der Waals surface area contributed by atoms with E-state index in [2.05, 4.69) is 103 Å². The summed E-state index contributed by atoms with van der Waals surface area (Å²) in [6.07, 6.45) is 4.43. The van der Waals surface area contributed by atoms with Crippen LogP contribution in [-0.4, -0.2) is 84.1 Å². The third-order valence-corrected chi connectivity index (χ3v) is 18.1. The Hall–Kier alpha value is -10.4. The minimum absolute atomic E-state index is 0. The van der Waals surface area contributed by atoms with E-state index in [1.165, 1.54) is 0 Å². The molecule has 3 aliphatic carbocycles. The van der Waals surface area contributed by atoms with Gasteiger partial charge in [0.15, 0.2) is 34.5 Å². The molecule has 0 bridgehead atoms. The summed E-state index contributed by atoms with van der Waals surface area (Å²) in [5, 5.41) is 117. The van der Waals surface area contributed by atoms with Crippen LogP contribution in [0.5, 0.6) is 0 Å². The zero-order valence-corrected chi connectivity index (χ0v) is 56.9. The predicted octanol–water partition coefficient (Wildman–Crippen LogP) is 15.3. The Kier molecular flexibility index (Phi) is 29.5. The molecule has 29 nitrogen and oxygen atoms in total. The van der Waals surface area contributed by atoms with E-state index in [0.29, 0.717) is 55.6 Å². The Bertz CT molecular complexity index is 3450. The van der Waals surface area contributed by atoms with Gasteiger partial charge in [-0.2, -0.15) is 0 Å². The van der Waals surface area contributed by atoms with Crippen LogP contribution < -0.4 is 40.3 Å². The maximum absolute atomic E-state index is 11.0. The van der Waals surface area contributed by atoms with Gasteiger partial charge in [-0.1, -0.05) is 103 Å². The first-order valence-electron chi connectivity index (χ1n) is 32.5. The van der Waals surface area contributed by atoms with Crippen LogP contribution in [0.4, 0.5) is 51.2 Å². The number of anilines is 9. The Balaban J connectivity index is 0.000000291. The smallest absolute Gasteiger partial charge is 0.175 e. The van der Waals surface area contributed by atoms with Gasteiger partial charge in [-0.3, -0.25) is 0 Å². The summed E-state index contributed by atoms with van der Waals surface area (Å²) in [6, 6.07) is 45.0. The molecule has 3 fully saturated rings. The minimum Gasteiger partial charge on any atom is -0.664 e. The molecule has 0 amide bonds. The number of hydrogen-bond acceptors (Lipinski definition) is 29. The number of nitrogens with zero attached hydrogens (tertiary/aromatic N) is 5. The molecule has 9 rings (SSSR count). The first-order chi connectivity index (χ1) is 50.1. The zero-order valence-electron chi connectivity index (χ0n) is 56.9. The molecule has 564 valence electrons. The second kappa shape index (κ2) is 37.8. The molecule has 0 radical (unpaired) electrons. The second-order valence-corrected chi connectivity index (χ2v) is 25.3. The molecule has 0 heterocycles. The van der Waals surface area contributed by atoms with Gasteiger partial charge < -0.3 is 84.3 Å². The molecule has 0 spiro atoms. The highest BCUT2D eigenvalue weighted by molar-refractivity contribution is 5.80. The third-order valence-electron chi connectivity index (χ3n) is 18.1. The fourth-order valence-corrected chi connectivity index (χ4v) is 12.3. The van der Waals surface area contributed by atoms with Crippen molar-refractivity contribution in [1.82, 2.24) is 0 Å². The van der Waals surface area contributed by atoms with Crippen LogP contribution in [0.1, 0.15) is 119 Å². The van der Waals surface area contributed by atoms with Crippen LogP contribution in [-0.2, 0) is 58.7 Å². The van der Waals surface area contributed by atoms with Gasteiger partial charge >= 0.3 is 0 Å². The first kappa shape index (κ1) is 81.9. The average molecular weight is 1460 g/mol. The molecule has 3 atom stereocenters. The summed E-state index contributed by atoms with van der Waals surface area (Å²) >= 11 is 0. The van der Waals surface area contributed by atoms with Crippen LogP contribution in [0, 0.1) is 0 Å². The fraction of sp³-hybridized carbons (Fsp3) is 0.289. The van der Waals surface area contributed by atoms with Gasteiger partial charge in [-0.15, -0.1) is 0 Å². The van der Waals surface area contributed by atoms with Gasteiger partial charge in [0.25, 0.3) is 0 Å². The van der Waals surface area contributed by atoms with Crippen molar-refractivity contribution in [2.75, 3.05) is 44.1 Å². The lowest BCUT2D eigenvalue weighted by Crippen LogP contribution is -2.40. The summed E-state index contributed by atoms with van der Waals surface area (Å²) in [4.78, 5) is 61.9. The zero-order chi connectivity index (χ0) is 75.3. The van der Waals surface area contributed by atoms with Gasteiger partial charge in [0.05, 0.1) is 36.9 Å². The van der Waals surface area contributed by atoms with Crippen molar-refractivity contribution in [3.63, 3.8) is 0 Å². The monoisotopic (exact) mass is 1450 g/mol. The highest BCUT2D eigenvalue weighted by Crippen LogP contribution is 2.50. The average Bonchev–Trinajstić information content (AvgIpc) is 1.62. The summed E-state index contributed by atoms with van der Waals surface area (Å²) in [6.45, 7) is 33.3.